The van der Waals surface area contributed by atoms with Crippen LogP contribution in [0, 0.1) is 0 Å². The standard InChI is InChI=1S/Ga.H3N.2H2O4S/c;;2*1-5(2,3)4/h;1H3;2*(H2,1,2,3,4)/q+3;;;/p-3. The number of rotatable bonds is 0. The normalized spacial score (nSPS) is 9.67. The monoisotopic (exact) mass is 279 g/mol. The molecule has 0 spiro atoms. The minimum absolute atomic E-state index is 0. The second-order valence-corrected chi connectivity index (χ2v) is 2.51. The first-order valence-electron chi connectivity index (χ1n) is 1.35. The zero-order valence-corrected chi connectivity index (χ0v) is 9.46. The van der Waals surface area contributed by atoms with Gasteiger partial charge in [-0.3, -0.25) is 13.0 Å². The molecular formula is H4GaNO8S2. The van der Waals surface area contributed by atoms with Crippen LogP contribution in [-0.2, 0) is 20.8 Å². The zero-order chi connectivity index (χ0) is 9.00. The molecular weight excluding hydrogens is 276 g/mol. The van der Waals surface area contributed by atoms with E-state index < -0.39 is 20.8 Å². The second kappa shape index (κ2) is 7.96. The summed E-state index contributed by atoms with van der Waals surface area (Å²) in [4.78, 5) is 0. The van der Waals surface area contributed by atoms with E-state index in [0.29, 0.717) is 0 Å². The van der Waals surface area contributed by atoms with Gasteiger partial charge >= 0.3 is 19.8 Å². The first-order chi connectivity index (χ1) is 4.00. The summed E-state index contributed by atoms with van der Waals surface area (Å²) in [6.45, 7) is 0. The smallest absolute Gasteiger partial charge is 0.759 e. The van der Waals surface area contributed by atoms with Gasteiger partial charge in [0.15, 0.2) is 0 Å². The van der Waals surface area contributed by atoms with Crippen molar-refractivity contribution in [3.05, 3.63) is 0 Å². The maximum absolute atomic E-state index is 8.63. The van der Waals surface area contributed by atoms with Gasteiger partial charge in [-0.2, -0.15) is 0 Å². The van der Waals surface area contributed by atoms with E-state index in [-0.39, 0.29) is 25.9 Å². The van der Waals surface area contributed by atoms with Crippen LogP contribution in [0.5, 0.6) is 0 Å². The van der Waals surface area contributed by atoms with Crippen molar-refractivity contribution < 1.29 is 35.0 Å². The summed E-state index contributed by atoms with van der Waals surface area (Å²) in [6, 6.07) is 0. The van der Waals surface area contributed by atoms with Crippen molar-refractivity contribution in [3.8, 4) is 0 Å². The molecule has 0 rings (SSSR count). The van der Waals surface area contributed by atoms with Gasteiger partial charge in [0, 0.05) is 10.4 Å². The van der Waals surface area contributed by atoms with Gasteiger partial charge in [0.2, 0.25) is 10.4 Å². The summed E-state index contributed by atoms with van der Waals surface area (Å²) < 4.78 is 66.9. The van der Waals surface area contributed by atoms with Crippen LogP contribution in [0.25, 0.3) is 0 Å². The summed E-state index contributed by atoms with van der Waals surface area (Å²) in [7, 11) is -10.1. The van der Waals surface area contributed by atoms with Crippen LogP contribution in [0.3, 0.4) is 0 Å². The molecule has 9 nitrogen and oxygen atoms in total. The van der Waals surface area contributed by atoms with E-state index in [9.17, 15) is 0 Å². The maximum atomic E-state index is 8.63. The molecule has 0 radical (unpaired) electrons. The fraction of sp³-hybridized carbons (Fsp3) is 0. The Balaban J connectivity index is -0.0000000457. The van der Waals surface area contributed by atoms with Crippen molar-refractivity contribution in [1.82, 2.24) is 6.15 Å². The van der Waals surface area contributed by atoms with Gasteiger partial charge in [0.05, 0.1) is 0 Å². The van der Waals surface area contributed by atoms with Gasteiger partial charge in [-0.1, -0.05) is 0 Å². The number of hydrogen-bond acceptors (Lipinski definition) is 8. The first-order valence-corrected chi connectivity index (χ1v) is 4.05. The SMILES string of the molecule is N.O=S(=O)([O-])O.O=S(=O)([O-])[O-].[Ga+3]. The van der Waals surface area contributed by atoms with Crippen molar-refractivity contribution in [2.75, 3.05) is 0 Å². The van der Waals surface area contributed by atoms with E-state index in [1.807, 2.05) is 0 Å². The van der Waals surface area contributed by atoms with E-state index in [1.165, 1.54) is 0 Å². The van der Waals surface area contributed by atoms with Crippen LogP contribution in [0.2, 0.25) is 0 Å². The Morgan fingerprint density at radius 1 is 0.917 bits per heavy atom. The molecule has 12 heteroatoms. The predicted molar refractivity (Wildman–Crippen MR) is 33.6 cm³/mol. The molecule has 0 saturated carbocycles. The largest absolute Gasteiger partial charge is 3.00 e. The van der Waals surface area contributed by atoms with Crippen molar-refractivity contribution in [1.29, 1.82) is 0 Å². The molecule has 12 heavy (non-hydrogen) atoms. The molecule has 0 saturated heterocycles. The Morgan fingerprint density at radius 2 is 0.917 bits per heavy atom. The zero-order valence-electron chi connectivity index (χ0n) is 5.41. The molecule has 0 aliphatic carbocycles. The number of hydrogen-bond donors (Lipinski definition) is 2. The maximum Gasteiger partial charge on any atom is 3.00 e. The molecule has 0 aromatic heterocycles. The topological polar surface area (TPSA) is 193 Å². The average Bonchev–Trinajstić information content (AvgIpc) is 1.12. The van der Waals surface area contributed by atoms with Crippen molar-refractivity contribution in [2.24, 2.45) is 0 Å². The Labute approximate surface area is 82.0 Å². The summed E-state index contributed by atoms with van der Waals surface area (Å²) in [5.74, 6) is 0. The Hall–Kier alpha value is 0.336. The van der Waals surface area contributed by atoms with Gasteiger partial charge in [-0.05, 0) is 0 Å². The molecule has 0 aromatic rings. The third-order valence-corrected chi connectivity index (χ3v) is 0. The molecule has 0 aliphatic heterocycles. The molecule has 0 aromatic carbocycles. The van der Waals surface area contributed by atoms with Gasteiger partial charge in [-0.25, -0.2) is 8.42 Å². The second-order valence-electron chi connectivity index (χ2n) is 0.836. The molecule has 0 heterocycles. The molecule has 4 N–H and O–H groups in total. The van der Waals surface area contributed by atoms with E-state index in [0.717, 1.165) is 0 Å². The van der Waals surface area contributed by atoms with Crippen LogP contribution in [0.4, 0.5) is 0 Å². The summed E-state index contributed by atoms with van der Waals surface area (Å²) in [6.07, 6.45) is 0. The third-order valence-electron chi connectivity index (χ3n) is 0. The average molecular weight is 280 g/mol. The fourth-order valence-corrected chi connectivity index (χ4v) is 0. The van der Waals surface area contributed by atoms with Crippen LogP contribution >= 0.6 is 0 Å². The van der Waals surface area contributed by atoms with Crippen LogP contribution in [-0.4, -0.2) is 54.8 Å². The Bertz CT molecular complexity index is 213. The minimum Gasteiger partial charge on any atom is -0.759 e. The molecule has 72 valence electrons. The summed E-state index contributed by atoms with van der Waals surface area (Å²) in [5.41, 5.74) is 0. The summed E-state index contributed by atoms with van der Waals surface area (Å²) in [5, 5.41) is 0. The molecule has 0 fully saturated rings. The van der Waals surface area contributed by atoms with Crippen molar-refractivity contribution in [3.63, 3.8) is 0 Å². The molecule has 0 unspecified atom stereocenters. The van der Waals surface area contributed by atoms with Gasteiger partial charge in [-0.15, -0.1) is 0 Å². The summed E-state index contributed by atoms with van der Waals surface area (Å²) >= 11 is 0. The van der Waals surface area contributed by atoms with E-state index in [2.05, 4.69) is 0 Å². The van der Waals surface area contributed by atoms with Crippen LogP contribution in [0.15, 0.2) is 0 Å². The molecule has 0 amide bonds. The fourth-order valence-electron chi connectivity index (χ4n) is 0. The van der Waals surface area contributed by atoms with Crippen molar-refractivity contribution in [2.45, 2.75) is 0 Å². The van der Waals surface area contributed by atoms with Crippen LogP contribution in [0.1, 0.15) is 0 Å². The van der Waals surface area contributed by atoms with Crippen LogP contribution < -0.4 is 6.15 Å². The predicted octanol–water partition coefficient (Wildman–Crippen LogP) is -2.55. The van der Waals surface area contributed by atoms with Gasteiger partial charge < -0.3 is 19.8 Å². The first kappa shape index (κ1) is 22.8. The Morgan fingerprint density at radius 3 is 0.917 bits per heavy atom. The van der Waals surface area contributed by atoms with E-state index in [1.54, 1.807) is 0 Å². The van der Waals surface area contributed by atoms with Gasteiger partial charge in [0.25, 0.3) is 0 Å². The van der Waals surface area contributed by atoms with E-state index in [4.69, 9.17) is 35.0 Å². The van der Waals surface area contributed by atoms with E-state index >= 15 is 0 Å². The molecule has 0 atom stereocenters. The minimum atomic E-state index is -5.17. The molecule has 0 bridgehead atoms. The van der Waals surface area contributed by atoms with Crippen molar-refractivity contribution >= 4 is 40.6 Å². The Kier molecular flexibility index (Phi) is 15.1. The van der Waals surface area contributed by atoms with Gasteiger partial charge in [0.1, 0.15) is 0 Å². The third kappa shape index (κ3) is 7960. The molecule has 0 aliphatic rings. The quantitative estimate of drug-likeness (QED) is 0.272.